The van der Waals surface area contributed by atoms with Gasteiger partial charge in [0.05, 0.1) is 25.5 Å². The standard InChI is InChI=1S/C19H23N3O4/c23-18(21-11-16-3-1-9-25-16)13-20-15-7-5-14(6-8-15)19(24)22-12-17-4-2-10-26-17/h1,3,5-9,17,20H,2,4,10-13H2,(H,21,23)(H,22,24). The molecule has 0 aliphatic carbocycles. The van der Waals surface area contributed by atoms with Gasteiger partial charge >= 0.3 is 0 Å². The van der Waals surface area contributed by atoms with E-state index in [1.54, 1.807) is 42.7 Å². The number of nitrogens with one attached hydrogen (secondary N) is 3. The van der Waals surface area contributed by atoms with Crippen LogP contribution in [0.2, 0.25) is 0 Å². The van der Waals surface area contributed by atoms with Crippen LogP contribution in [-0.2, 0) is 16.1 Å². The minimum absolute atomic E-state index is 0.122. The molecule has 7 nitrogen and oxygen atoms in total. The van der Waals surface area contributed by atoms with E-state index in [2.05, 4.69) is 16.0 Å². The number of hydrogen-bond donors (Lipinski definition) is 3. The molecule has 1 unspecified atom stereocenters. The number of carbonyl (C=O) groups excluding carboxylic acids is 2. The van der Waals surface area contributed by atoms with Crippen LogP contribution in [-0.4, -0.2) is 37.6 Å². The molecule has 1 aromatic carbocycles. The SMILES string of the molecule is O=C(CNc1ccc(C(=O)NCC2CCCO2)cc1)NCc1ccco1. The van der Waals surface area contributed by atoms with E-state index >= 15 is 0 Å². The second kappa shape index (κ2) is 9.05. The minimum atomic E-state index is -0.139. The van der Waals surface area contributed by atoms with Gasteiger partial charge in [-0.3, -0.25) is 9.59 Å². The van der Waals surface area contributed by atoms with E-state index in [4.69, 9.17) is 9.15 Å². The second-order valence-corrected chi connectivity index (χ2v) is 6.13. The van der Waals surface area contributed by atoms with Crippen molar-refractivity contribution in [3.8, 4) is 0 Å². The van der Waals surface area contributed by atoms with Crippen molar-refractivity contribution in [2.24, 2.45) is 0 Å². The molecule has 1 fully saturated rings. The van der Waals surface area contributed by atoms with Crippen molar-refractivity contribution in [3.63, 3.8) is 0 Å². The zero-order valence-electron chi connectivity index (χ0n) is 14.5. The average molecular weight is 357 g/mol. The molecule has 26 heavy (non-hydrogen) atoms. The van der Waals surface area contributed by atoms with Crippen LogP contribution in [0.25, 0.3) is 0 Å². The Balaban J connectivity index is 1.39. The van der Waals surface area contributed by atoms with E-state index in [1.165, 1.54) is 0 Å². The molecule has 0 saturated carbocycles. The van der Waals surface area contributed by atoms with Crippen LogP contribution in [0.5, 0.6) is 0 Å². The lowest BCUT2D eigenvalue weighted by atomic mass is 10.2. The Labute approximate surface area is 152 Å². The molecular weight excluding hydrogens is 334 g/mol. The molecule has 1 aliphatic rings. The maximum atomic E-state index is 12.1. The highest BCUT2D eigenvalue weighted by atomic mass is 16.5. The Bertz CT molecular complexity index is 707. The first-order chi connectivity index (χ1) is 12.7. The molecule has 2 aromatic rings. The Kier molecular flexibility index (Phi) is 6.27. The summed E-state index contributed by atoms with van der Waals surface area (Å²) in [6.07, 6.45) is 3.74. The summed E-state index contributed by atoms with van der Waals surface area (Å²) in [4.78, 5) is 23.9. The van der Waals surface area contributed by atoms with E-state index in [0.717, 1.165) is 25.1 Å². The molecule has 1 aliphatic heterocycles. The number of benzene rings is 1. The summed E-state index contributed by atoms with van der Waals surface area (Å²) in [6, 6.07) is 10.6. The van der Waals surface area contributed by atoms with Gasteiger partial charge in [0.2, 0.25) is 5.91 Å². The molecule has 1 saturated heterocycles. The number of carbonyl (C=O) groups is 2. The maximum Gasteiger partial charge on any atom is 0.251 e. The van der Waals surface area contributed by atoms with Crippen molar-refractivity contribution in [2.45, 2.75) is 25.5 Å². The van der Waals surface area contributed by atoms with Crippen molar-refractivity contribution >= 4 is 17.5 Å². The highest BCUT2D eigenvalue weighted by Crippen LogP contribution is 2.12. The molecule has 0 radical (unpaired) electrons. The van der Waals surface area contributed by atoms with Gasteiger partial charge in [-0.15, -0.1) is 0 Å². The summed E-state index contributed by atoms with van der Waals surface area (Å²) >= 11 is 0. The first-order valence-electron chi connectivity index (χ1n) is 8.73. The normalized spacial score (nSPS) is 16.2. The lowest BCUT2D eigenvalue weighted by Crippen LogP contribution is -2.31. The van der Waals surface area contributed by atoms with E-state index in [1.807, 2.05) is 0 Å². The zero-order valence-corrected chi connectivity index (χ0v) is 14.5. The van der Waals surface area contributed by atoms with E-state index in [0.29, 0.717) is 24.4 Å². The largest absolute Gasteiger partial charge is 0.467 e. The monoisotopic (exact) mass is 357 g/mol. The number of rotatable bonds is 8. The van der Waals surface area contributed by atoms with Gasteiger partial charge in [-0.25, -0.2) is 0 Å². The van der Waals surface area contributed by atoms with E-state index in [9.17, 15) is 9.59 Å². The maximum absolute atomic E-state index is 12.1. The Morgan fingerprint density at radius 1 is 1.12 bits per heavy atom. The van der Waals surface area contributed by atoms with E-state index < -0.39 is 0 Å². The van der Waals surface area contributed by atoms with Crippen molar-refractivity contribution in [2.75, 3.05) is 25.0 Å². The number of hydrogen-bond acceptors (Lipinski definition) is 5. The van der Waals surface area contributed by atoms with Gasteiger partial charge in [-0.1, -0.05) is 0 Å². The fraction of sp³-hybridized carbons (Fsp3) is 0.368. The van der Waals surface area contributed by atoms with E-state index in [-0.39, 0.29) is 24.5 Å². The Morgan fingerprint density at radius 3 is 2.65 bits per heavy atom. The molecular formula is C19H23N3O4. The first-order valence-corrected chi connectivity index (χ1v) is 8.73. The fourth-order valence-corrected chi connectivity index (χ4v) is 2.70. The van der Waals surface area contributed by atoms with Gasteiger partial charge in [0.1, 0.15) is 5.76 Å². The molecule has 3 rings (SSSR count). The van der Waals surface area contributed by atoms with Gasteiger partial charge in [-0.05, 0) is 49.2 Å². The molecule has 1 aromatic heterocycles. The third kappa shape index (κ3) is 5.35. The third-order valence-corrected chi connectivity index (χ3v) is 4.15. The lowest BCUT2D eigenvalue weighted by Gasteiger charge is -2.11. The molecule has 0 bridgehead atoms. The summed E-state index contributed by atoms with van der Waals surface area (Å²) in [5.74, 6) is 0.444. The molecule has 138 valence electrons. The number of anilines is 1. The van der Waals surface area contributed by atoms with Crippen molar-refractivity contribution in [1.82, 2.24) is 10.6 Å². The van der Waals surface area contributed by atoms with Gasteiger partial charge in [0, 0.05) is 24.4 Å². The summed E-state index contributed by atoms with van der Waals surface area (Å²) in [6.45, 7) is 1.81. The quantitative estimate of drug-likeness (QED) is 0.671. The summed E-state index contributed by atoms with van der Waals surface area (Å²) in [5.41, 5.74) is 1.35. The molecule has 3 N–H and O–H groups in total. The number of furan rings is 1. The van der Waals surface area contributed by atoms with Crippen LogP contribution in [0.4, 0.5) is 5.69 Å². The summed E-state index contributed by atoms with van der Waals surface area (Å²) < 4.78 is 10.6. The molecule has 2 heterocycles. The smallest absolute Gasteiger partial charge is 0.251 e. The molecule has 0 spiro atoms. The minimum Gasteiger partial charge on any atom is -0.467 e. The van der Waals surface area contributed by atoms with Crippen LogP contribution in [0.15, 0.2) is 47.1 Å². The summed E-state index contributed by atoms with van der Waals surface area (Å²) in [5, 5.41) is 8.66. The van der Waals surface area contributed by atoms with Gasteiger partial charge in [0.25, 0.3) is 5.91 Å². The van der Waals surface area contributed by atoms with Crippen LogP contribution in [0.3, 0.4) is 0 Å². The van der Waals surface area contributed by atoms with Crippen LogP contribution in [0, 0.1) is 0 Å². The second-order valence-electron chi connectivity index (χ2n) is 6.13. The molecule has 1 atom stereocenters. The topological polar surface area (TPSA) is 92.6 Å². The predicted molar refractivity (Wildman–Crippen MR) is 96.8 cm³/mol. The Hall–Kier alpha value is -2.80. The van der Waals surface area contributed by atoms with Gasteiger partial charge in [-0.2, -0.15) is 0 Å². The van der Waals surface area contributed by atoms with Crippen LogP contribution >= 0.6 is 0 Å². The number of amides is 2. The third-order valence-electron chi connectivity index (χ3n) is 4.15. The van der Waals surface area contributed by atoms with Crippen molar-refractivity contribution < 1.29 is 18.7 Å². The fourth-order valence-electron chi connectivity index (χ4n) is 2.70. The number of ether oxygens (including phenoxy) is 1. The zero-order chi connectivity index (χ0) is 18.2. The highest BCUT2D eigenvalue weighted by Gasteiger charge is 2.16. The molecule has 7 heteroatoms. The van der Waals surface area contributed by atoms with Gasteiger partial charge in [0.15, 0.2) is 0 Å². The lowest BCUT2D eigenvalue weighted by molar-refractivity contribution is -0.119. The summed E-state index contributed by atoms with van der Waals surface area (Å²) in [7, 11) is 0. The van der Waals surface area contributed by atoms with Crippen LogP contribution < -0.4 is 16.0 Å². The van der Waals surface area contributed by atoms with Crippen molar-refractivity contribution in [3.05, 3.63) is 54.0 Å². The molecule has 2 amide bonds. The highest BCUT2D eigenvalue weighted by molar-refractivity contribution is 5.94. The Morgan fingerprint density at radius 2 is 1.96 bits per heavy atom. The van der Waals surface area contributed by atoms with Crippen LogP contribution in [0.1, 0.15) is 29.0 Å². The average Bonchev–Trinajstić information content (AvgIpc) is 3.37. The van der Waals surface area contributed by atoms with Crippen molar-refractivity contribution in [1.29, 1.82) is 0 Å². The predicted octanol–water partition coefficient (Wildman–Crippen LogP) is 1.92. The van der Waals surface area contributed by atoms with Gasteiger partial charge < -0.3 is 25.1 Å². The first kappa shape index (κ1) is 18.0.